The summed E-state index contributed by atoms with van der Waals surface area (Å²) in [6, 6.07) is 8.35. The molecule has 0 aliphatic carbocycles. The highest BCUT2D eigenvalue weighted by Crippen LogP contribution is 2.30. The summed E-state index contributed by atoms with van der Waals surface area (Å²) < 4.78 is 6.05. The monoisotopic (exact) mass is 377 g/mol. The number of carbonyl (C=O) groups excluding carboxylic acids is 1. The summed E-state index contributed by atoms with van der Waals surface area (Å²) in [5, 5.41) is 6.57. The molecular weight excluding hydrogens is 358 g/mol. The summed E-state index contributed by atoms with van der Waals surface area (Å²) in [4.78, 5) is 19.0. The molecule has 3 atom stereocenters. The molecule has 2 aliphatic heterocycles. The summed E-state index contributed by atoms with van der Waals surface area (Å²) >= 11 is 7.46. The van der Waals surface area contributed by atoms with E-state index in [0.717, 1.165) is 35.1 Å². The normalized spacial score (nSPS) is 26.4. The van der Waals surface area contributed by atoms with Gasteiger partial charge in [-0.3, -0.25) is 9.69 Å². The highest BCUT2D eigenvalue weighted by Gasteiger charge is 2.38. The van der Waals surface area contributed by atoms with Crippen molar-refractivity contribution in [3.05, 3.63) is 50.9 Å². The van der Waals surface area contributed by atoms with Crippen LogP contribution in [0.25, 0.3) is 0 Å². The van der Waals surface area contributed by atoms with Crippen LogP contribution >= 0.6 is 22.9 Å². The molecule has 0 unspecified atom stereocenters. The Bertz CT molecular complexity index is 764. The van der Waals surface area contributed by atoms with E-state index in [4.69, 9.17) is 16.3 Å². The van der Waals surface area contributed by atoms with Gasteiger partial charge in [0.25, 0.3) is 5.91 Å². The number of thiazole rings is 1. The third kappa shape index (κ3) is 3.72. The molecule has 0 saturated carbocycles. The summed E-state index contributed by atoms with van der Waals surface area (Å²) in [6.07, 6.45) is 0.978. The smallest absolute Gasteiger partial charge is 0.271 e. The summed E-state index contributed by atoms with van der Waals surface area (Å²) in [5.41, 5.74) is 1.66. The molecule has 4 rings (SSSR count). The van der Waals surface area contributed by atoms with Gasteiger partial charge in [-0.05, 0) is 31.0 Å². The Balaban J connectivity index is 1.36. The Morgan fingerprint density at radius 2 is 2.16 bits per heavy atom. The van der Waals surface area contributed by atoms with Crippen molar-refractivity contribution in [1.82, 2.24) is 15.2 Å². The Hall–Kier alpha value is -1.47. The maximum atomic E-state index is 12.3. The van der Waals surface area contributed by atoms with E-state index in [9.17, 15) is 4.79 Å². The number of aromatic nitrogens is 1. The van der Waals surface area contributed by atoms with Gasteiger partial charge >= 0.3 is 0 Å². The van der Waals surface area contributed by atoms with Gasteiger partial charge in [0.05, 0.1) is 17.7 Å². The first-order valence-electron chi connectivity index (χ1n) is 8.42. The summed E-state index contributed by atoms with van der Waals surface area (Å²) in [7, 11) is 0. The lowest BCUT2D eigenvalue weighted by Crippen LogP contribution is -2.43. The quantitative estimate of drug-likeness (QED) is 0.893. The highest BCUT2D eigenvalue weighted by molar-refractivity contribution is 7.09. The van der Waals surface area contributed by atoms with Crippen LogP contribution in [0.3, 0.4) is 0 Å². The average molecular weight is 378 g/mol. The molecule has 1 amide bonds. The van der Waals surface area contributed by atoms with Gasteiger partial charge in [-0.25, -0.2) is 4.98 Å². The van der Waals surface area contributed by atoms with Gasteiger partial charge < -0.3 is 10.1 Å². The second kappa shape index (κ2) is 7.03. The van der Waals surface area contributed by atoms with Crippen LogP contribution in [0.5, 0.6) is 0 Å². The van der Waals surface area contributed by atoms with Crippen molar-refractivity contribution in [2.45, 2.75) is 31.5 Å². The van der Waals surface area contributed by atoms with Crippen molar-refractivity contribution in [3.8, 4) is 0 Å². The minimum absolute atomic E-state index is 0.0594. The molecule has 7 heteroatoms. The molecule has 1 aromatic heterocycles. The van der Waals surface area contributed by atoms with Gasteiger partial charge in [-0.15, -0.1) is 11.3 Å². The topological polar surface area (TPSA) is 54.5 Å². The Morgan fingerprint density at radius 1 is 1.36 bits per heavy atom. The number of hydrogen-bond donors (Lipinski definition) is 1. The lowest BCUT2D eigenvalue weighted by Gasteiger charge is -2.35. The maximum Gasteiger partial charge on any atom is 0.271 e. The Kier molecular flexibility index (Phi) is 4.78. The number of benzene rings is 1. The number of halogens is 1. The number of morpholine rings is 1. The van der Waals surface area contributed by atoms with Crippen molar-refractivity contribution >= 4 is 28.8 Å². The number of nitrogens with one attached hydrogen (secondary N) is 1. The molecule has 0 bridgehead atoms. The third-order valence-electron chi connectivity index (χ3n) is 4.85. The number of nitrogens with zero attached hydrogens (tertiary/aromatic N) is 2. The molecule has 5 nitrogen and oxygen atoms in total. The van der Waals surface area contributed by atoms with Gasteiger partial charge in [0.2, 0.25) is 0 Å². The first kappa shape index (κ1) is 17.0. The lowest BCUT2D eigenvalue weighted by atomic mass is 10.1. The van der Waals surface area contributed by atoms with E-state index in [2.05, 4.69) is 15.2 Å². The zero-order valence-corrected chi connectivity index (χ0v) is 15.5. The summed E-state index contributed by atoms with van der Waals surface area (Å²) in [5.74, 6) is -0.0793. The molecule has 2 aromatic rings. The van der Waals surface area contributed by atoms with Crippen LogP contribution in [0, 0.1) is 6.92 Å². The molecule has 3 heterocycles. The van der Waals surface area contributed by atoms with Gasteiger partial charge in [0.1, 0.15) is 5.69 Å². The van der Waals surface area contributed by atoms with E-state index >= 15 is 0 Å². The predicted octanol–water partition coefficient (Wildman–Crippen LogP) is 3.05. The second-order valence-corrected chi connectivity index (χ2v) is 8.14. The largest absolute Gasteiger partial charge is 0.371 e. The molecule has 25 heavy (non-hydrogen) atoms. The van der Waals surface area contributed by atoms with Crippen LogP contribution in [-0.4, -0.2) is 47.6 Å². The van der Waals surface area contributed by atoms with E-state index in [-0.39, 0.29) is 18.1 Å². The van der Waals surface area contributed by atoms with E-state index in [0.29, 0.717) is 18.3 Å². The number of rotatable bonds is 3. The van der Waals surface area contributed by atoms with Crippen LogP contribution in [-0.2, 0) is 4.74 Å². The number of amides is 1. The van der Waals surface area contributed by atoms with Crippen LogP contribution in [0.4, 0.5) is 0 Å². The molecule has 2 aliphatic rings. The van der Waals surface area contributed by atoms with E-state index in [1.165, 1.54) is 11.3 Å². The molecule has 2 saturated heterocycles. The maximum absolute atomic E-state index is 12.3. The van der Waals surface area contributed by atoms with Gasteiger partial charge in [-0.2, -0.15) is 0 Å². The lowest BCUT2D eigenvalue weighted by molar-refractivity contribution is -0.0502. The van der Waals surface area contributed by atoms with E-state index < -0.39 is 0 Å². The highest BCUT2D eigenvalue weighted by atomic mass is 35.5. The Labute approximate surface area is 156 Å². The van der Waals surface area contributed by atoms with Gasteiger partial charge in [0, 0.05) is 35.6 Å². The van der Waals surface area contributed by atoms with Crippen LogP contribution < -0.4 is 5.32 Å². The zero-order chi connectivity index (χ0) is 17.4. The fraction of sp³-hybridized carbons (Fsp3) is 0.444. The molecular formula is C18H20ClN3O2S. The van der Waals surface area contributed by atoms with E-state index in [1.807, 2.05) is 36.6 Å². The molecule has 0 spiro atoms. The first-order chi connectivity index (χ1) is 12.1. The fourth-order valence-corrected chi connectivity index (χ4v) is 4.30. The molecule has 132 valence electrons. The van der Waals surface area contributed by atoms with Crippen molar-refractivity contribution < 1.29 is 9.53 Å². The number of hydrogen-bond acceptors (Lipinski definition) is 5. The van der Waals surface area contributed by atoms with Gasteiger partial charge in [0.15, 0.2) is 0 Å². The van der Waals surface area contributed by atoms with Crippen LogP contribution in [0.2, 0.25) is 5.02 Å². The average Bonchev–Trinajstić information content (AvgIpc) is 3.20. The van der Waals surface area contributed by atoms with Gasteiger partial charge in [-0.1, -0.05) is 23.7 Å². The number of ether oxygens (including phenoxy) is 1. The zero-order valence-electron chi connectivity index (χ0n) is 13.9. The Morgan fingerprint density at radius 3 is 2.88 bits per heavy atom. The SMILES string of the molecule is Cc1nc(C(=O)N[C@H]2C[C@H]3CO[C@@H](c4ccc(Cl)cc4)CN3C2)cs1. The number of aryl methyl sites for hydroxylation is 1. The minimum Gasteiger partial charge on any atom is -0.371 e. The molecule has 1 aromatic carbocycles. The van der Waals surface area contributed by atoms with Crippen molar-refractivity contribution in [2.75, 3.05) is 19.7 Å². The molecule has 2 fully saturated rings. The number of carbonyl (C=O) groups is 1. The van der Waals surface area contributed by atoms with Crippen LogP contribution in [0.15, 0.2) is 29.6 Å². The number of fused-ring (bicyclic) bond motifs is 1. The first-order valence-corrected chi connectivity index (χ1v) is 9.68. The summed E-state index contributed by atoms with van der Waals surface area (Å²) in [6.45, 7) is 4.29. The minimum atomic E-state index is -0.0793. The fourth-order valence-electron chi connectivity index (χ4n) is 3.58. The third-order valence-corrected chi connectivity index (χ3v) is 5.87. The second-order valence-electron chi connectivity index (χ2n) is 6.64. The predicted molar refractivity (Wildman–Crippen MR) is 98.2 cm³/mol. The molecule has 0 radical (unpaired) electrons. The van der Waals surface area contributed by atoms with Crippen molar-refractivity contribution in [3.63, 3.8) is 0 Å². The standard InChI is InChI=1S/C18H20ClN3O2S/c1-11-20-16(10-25-11)18(23)21-14-6-15-9-24-17(8-22(15)7-14)12-2-4-13(19)5-3-12/h2-5,10,14-15,17H,6-9H2,1H3,(H,21,23)/t14-,15-,17+/m0/s1. The molecule has 1 N–H and O–H groups in total. The van der Waals surface area contributed by atoms with Crippen LogP contribution in [0.1, 0.15) is 33.6 Å². The van der Waals surface area contributed by atoms with E-state index in [1.54, 1.807) is 0 Å². The van der Waals surface area contributed by atoms with Crippen molar-refractivity contribution in [2.24, 2.45) is 0 Å². The van der Waals surface area contributed by atoms with Crippen molar-refractivity contribution in [1.29, 1.82) is 0 Å².